The molecule has 1 aromatic carbocycles. The highest BCUT2D eigenvalue weighted by molar-refractivity contribution is 5.72. The molecule has 1 unspecified atom stereocenters. The number of benzene rings is 1. The standard InChI is InChI=1S/C15H19NO3/c17-15(19-12-5-7-18-8-6-12)9-11-10-16-14-4-2-1-3-13(11)14/h1-4,11-12,16H,5-10H2. The molecule has 0 aromatic heterocycles. The molecule has 1 fully saturated rings. The van der Waals surface area contributed by atoms with Crippen LogP contribution in [0.25, 0.3) is 0 Å². The van der Waals surface area contributed by atoms with E-state index >= 15 is 0 Å². The molecule has 0 radical (unpaired) electrons. The Bertz CT molecular complexity index is 454. The Morgan fingerprint density at radius 2 is 2.11 bits per heavy atom. The largest absolute Gasteiger partial charge is 0.462 e. The average Bonchev–Trinajstić information content (AvgIpc) is 2.83. The minimum absolute atomic E-state index is 0.0471. The first-order valence-corrected chi connectivity index (χ1v) is 6.93. The fourth-order valence-corrected chi connectivity index (χ4v) is 2.77. The van der Waals surface area contributed by atoms with Gasteiger partial charge >= 0.3 is 5.97 Å². The lowest BCUT2D eigenvalue weighted by Crippen LogP contribution is -2.26. The molecule has 1 atom stereocenters. The third kappa shape index (κ3) is 2.89. The van der Waals surface area contributed by atoms with Crippen molar-refractivity contribution in [2.75, 3.05) is 25.1 Å². The summed E-state index contributed by atoms with van der Waals surface area (Å²) in [6, 6.07) is 8.16. The van der Waals surface area contributed by atoms with E-state index in [0.717, 1.165) is 25.1 Å². The fourth-order valence-electron chi connectivity index (χ4n) is 2.77. The summed E-state index contributed by atoms with van der Waals surface area (Å²) in [4.78, 5) is 12.0. The molecule has 2 aliphatic rings. The van der Waals surface area contributed by atoms with E-state index in [9.17, 15) is 4.79 Å². The van der Waals surface area contributed by atoms with Gasteiger partial charge in [0.25, 0.3) is 0 Å². The van der Waals surface area contributed by atoms with Crippen LogP contribution in [-0.2, 0) is 14.3 Å². The van der Waals surface area contributed by atoms with E-state index in [2.05, 4.69) is 17.4 Å². The number of rotatable bonds is 3. The van der Waals surface area contributed by atoms with E-state index in [1.165, 1.54) is 5.56 Å². The maximum atomic E-state index is 12.0. The van der Waals surface area contributed by atoms with Crippen LogP contribution in [0.5, 0.6) is 0 Å². The molecule has 0 bridgehead atoms. The van der Waals surface area contributed by atoms with Crippen molar-refractivity contribution >= 4 is 11.7 Å². The van der Waals surface area contributed by atoms with Crippen LogP contribution in [0, 0.1) is 0 Å². The van der Waals surface area contributed by atoms with Gasteiger partial charge in [-0.25, -0.2) is 0 Å². The first kappa shape index (κ1) is 12.5. The summed E-state index contributed by atoms with van der Waals surface area (Å²) in [5, 5.41) is 3.33. The van der Waals surface area contributed by atoms with Crippen LogP contribution in [0.3, 0.4) is 0 Å². The summed E-state index contributed by atoms with van der Waals surface area (Å²) in [7, 11) is 0. The normalized spacial score (nSPS) is 22.6. The third-order valence-corrected chi connectivity index (χ3v) is 3.82. The quantitative estimate of drug-likeness (QED) is 0.848. The fraction of sp³-hybridized carbons (Fsp3) is 0.533. The Morgan fingerprint density at radius 3 is 2.95 bits per heavy atom. The highest BCUT2D eigenvalue weighted by Crippen LogP contribution is 2.33. The molecule has 4 heteroatoms. The predicted octanol–water partition coefficient (Wildman–Crippen LogP) is 2.31. The van der Waals surface area contributed by atoms with Gasteiger partial charge in [-0.05, 0) is 11.6 Å². The summed E-state index contributed by atoms with van der Waals surface area (Å²) < 4.78 is 10.8. The first-order chi connectivity index (χ1) is 9.33. The van der Waals surface area contributed by atoms with Crippen molar-refractivity contribution in [3.05, 3.63) is 29.8 Å². The summed E-state index contributed by atoms with van der Waals surface area (Å²) in [6.07, 6.45) is 2.16. The molecule has 0 spiro atoms. The number of carbonyl (C=O) groups is 1. The molecule has 19 heavy (non-hydrogen) atoms. The van der Waals surface area contributed by atoms with E-state index in [1.54, 1.807) is 0 Å². The molecule has 0 aliphatic carbocycles. The Kier molecular flexibility index (Phi) is 3.69. The Labute approximate surface area is 113 Å². The lowest BCUT2D eigenvalue weighted by Gasteiger charge is -2.22. The van der Waals surface area contributed by atoms with Gasteiger partial charge in [0.15, 0.2) is 0 Å². The van der Waals surface area contributed by atoms with Crippen molar-refractivity contribution in [3.63, 3.8) is 0 Å². The Hall–Kier alpha value is -1.55. The second kappa shape index (κ2) is 5.61. The number of hydrogen-bond acceptors (Lipinski definition) is 4. The first-order valence-electron chi connectivity index (χ1n) is 6.93. The van der Waals surface area contributed by atoms with Gasteiger partial charge in [0.1, 0.15) is 6.10 Å². The maximum absolute atomic E-state index is 12.0. The van der Waals surface area contributed by atoms with Gasteiger partial charge in [-0.1, -0.05) is 18.2 Å². The van der Waals surface area contributed by atoms with Crippen molar-refractivity contribution in [3.8, 4) is 0 Å². The van der Waals surface area contributed by atoms with Crippen LogP contribution >= 0.6 is 0 Å². The molecule has 0 saturated carbocycles. The second-order valence-electron chi connectivity index (χ2n) is 5.17. The van der Waals surface area contributed by atoms with Crippen molar-refractivity contribution in [2.24, 2.45) is 0 Å². The van der Waals surface area contributed by atoms with Crippen LogP contribution in [0.1, 0.15) is 30.7 Å². The molecule has 0 amide bonds. The summed E-state index contributed by atoms with van der Waals surface area (Å²) >= 11 is 0. The number of para-hydroxylation sites is 1. The number of nitrogens with one attached hydrogen (secondary N) is 1. The smallest absolute Gasteiger partial charge is 0.306 e. The van der Waals surface area contributed by atoms with Crippen LogP contribution in [-0.4, -0.2) is 31.8 Å². The van der Waals surface area contributed by atoms with E-state index in [-0.39, 0.29) is 18.0 Å². The number of hydrogen-bond donors (Lipinski definition) is 1. The molecular weight excluding hydrogens is 242 g/mol. The molecule has 1 N–H and O–H groups in total. The van der Waals surface area contributed by atoms with Crippen molar-refractivity contribution < 1.29 is 14.3 Å². The number of esters is 1. The lowest BCUT2D eigenvalue weighted by atomic mass is 9.98. The van der Waals surface area contributed by atoms with Crippen molar-refractivity contribution in [1.29, 1.82) is 0 Å². The van der Waals surface area contributed by atoms with Crippen LogP contribution in [0.4, 0.5) is 5.69 Å². The molecule has 3 rings (SSSR count). The molecule has 2 aliphatic heterocycles. The lowest BCUT2D eigenvalue weighted by molar-refractivity contribution is -0.153. The molecule has 102 valence electrons. The van der Waals surface area contributed by atoms with Crippen LogP contribution in [0.15, 0.2) is 24.3 Å². The zero-order chi connectivity index (χ0) is 13.1. The van der Waals surface area contributed by atoms with E-state index < -0.39 is 0 Å². The van der Waals surface area contributed by atoms with Gasteiger partial charge in [-0.15, -0.1) is 0 Å². The SMILES string of the molecule is O=C(CC1CNc2ccccc21)OC1CCOCC1. The van der Waals surface area contributed by atoms with Crippen molar-refractivity contribution in [1.82, 2.24) is 0 Å². The molecule has 1 aromatic rings. The Balaban J connectivity index is 1.55. The average molecular weight is 261 g/mol. The van der Waals surface area contributed by atoms with Gasteiger partial charge in [0.05, 0.1) is 19.6 Å². The maximum Gasteiger partial charge on any atom is 0.306 e. The number of anilines is 1. The van der Waals surface area contributed by atoms with Gasteiger partial charge in [0, 0.05) is 31.0 Å². The zero-order valence-electron chi connectivity index (χ0n) is 10.9. The summed E-state index contributed by atoms with van der Waals surface area (Å²) in [5.74, 6) is 0.152. The number of ether oxygens (including phenoxy) is 2. The minimum Gasteiger partial charge on any atom is -0.462 e. The van der Waals surface area contributed by atoms with E-state index in [1.807, 2.05) is 12.1 Å². The van der Waals surface area contributed by atoms with Crippen LogP contribution in [0.2, 0.25) is 0 Å². The molecular formula is C15H19NO3. The van der Waals surface area contributed by atoms with Gasteiger partial charge in [-0.3, -0.25) is 4.79 Å². The van der Waals surface area contributed by atoms with Gasteiger partial charge < -0.3 is 14.8 Å². The highest BCUT2D eigenvalue weighted by Gasteiger charge is 2.26. The number of fused-ring (bicyclic) bond motifs is 1. The zero-order valence-corrected chi connectivity index (χ0v) is 10.9. The van der Waals surface area contributed by atoms with Crippen molar-refractivity contribution in [2.45, 2.75) is 31.3 Å². The van der Waals surface area contributed by atoms with Crippen LogP contribution < -0.4 is 5.32 Å². The molecule has 1 saturated heterocycles. The monoisotopic (exact) mass is 261 g/mol. The van der Waals surface area contributed by atoms with Gasteiger partial charge in [0.2, 0.25) is 0 Å². The minimum atomic E-state index is -0.0876. The number of carbonyl (C=O) groups excluding carboxylic acids is 1. The Morgan fingerprint density at radius 1 is 1.32 bits per heavy atom. The topological polar surface area (TPSA) is 47.6 Å². The third-order valence-electron chi connectivity index (χ3n) is 3.82. The highest BCUT2D eigenvalue weighted by atomic mass is 16.6. The molecule has 4 nitrogen and oxygen atoms in total. The molecule has 2 heterocycles. The summed E-state index contributed by atoms with van der Waals surface area (Å²) in [6.45, 7) is 2.22. The van der Waals surface area contributed by atoms with E-state index in [0.29, 0.717) is 19.6 Å². The predicted molar refractivity (Wildman–Crippen MR) is 72.2 cm³/mol. The van der Waals surface area contributed by atoms with Gasteiger partial charge in [-0.2, -0.15) is 0 Å². The summed E-state index contributed by atoms with van der Waals surface area (Å²) in [5.41, 5.74) is 2.37. The van der Waals surface area contributed by atoms with E-state index in [4.69, 9.17) is 9.47 Å². The second-order valence-corrected chi connectivity index (χ2v) is 5.17.